The van der Waals surface area contributed by atoms with Crippen LogP contribution in [0.4, 0.5) is 18.9 Å². The number of carbonyl (C=O) groups excluding carboxylic acids is 3. The second-order valence-corrected chi connectivity index (χ2v) is 20.2. The summed E-state index contributed by atoms with van der Waals surface area (Å²) in [5, 5.41) is 13.9. The number of aliphatic hydroxyl groups excluding tert-OH is 1. The molecule has 4 atom stereocenters. The summed E-state index contributed by atoms with van der Waals surface area (Å²) in [4.78, 5) is 55.9. The number of fused-ring (bicyclic) bond motifs is 1. The number of hydrogen-bond acceptors (Lipinski definition) is 9. The molecule has 0 spiro atoms. The lowest BCUT2D eigenvalue weighted by Gasteiger charge is -2.35. The number of anilines is 1. The van der Waals surface area contributed by atoms with Gasteiger partial charge >= 0.3 is 10.2 Å². The number of nitrogens with one attached hydrogen (secondary N) is 3. The van der Waals surface area contributed by atoms with Gasteiger partial charge in [0.2, 0.25) is 17.6 Å². The monoisotopic (exact) mass is 925 g/mol. The Morgan fingerprint density at radius 2 is 1.72 bits per heavy atom. The predicted octanol–water partition coefficient (Wildman–Crippen LogP) is 6.05. The third kappa shape index (κ3) is 9.59. The highest BCUT2D eigenvalue weighted by Gasteiger charge is 2.44. The topological polar surface area (TPSA) is 178 Å². The number of thiazole rings is 1. The van der Waals surface area contributed by atoms with Crippen molar-refractivity contribution in [2.45, 2.75) is 71.2 Å². The second-order valence-electron chi connectivity index (χ2n) is 17.7. The van der Waals surface area contributed by atoms with Crippen LogP contribution in [0.15, 0.2) is 84.6 Å². The number of amides is 2. The Kier molecular flexibility index (Phi) is 12.8. The Morgan fingerprint density at radius 1 is 1.00 bits per heavy atom. The Morgan fingerprint density at radius 3 is 2.38 bits per heavy atom. The van der Waals surface area contributed by atoms with Crippen LogP contribution >= 0.6 is 11.3 Å². The molecule has 3 aromatic carbocycles. The number of benzene rings is 3. The molecular formula is C46H47BF3N7O6S2. The number of rotatable bonds is 13. The first-order valence-electron chi connectivity index (χ1n) is 21.1. The molecule has 4 N–H and O–H groups in total. The minimum absolute atomic E-state index is 0.0163. The molecule has 13 nitrogen and oxygen atoms in total. The molecule has 0 radical (unpaired) electrons. The van der Waals surface area contributed by atoms with Crippen molar-refractivity contribution in [3.8, 4) is 21.6 Å². The van der Waals surface area contributed by atoms with E-state index in [1.165, 1.54) is 11.1 Å². The van der Waals surface area contributed by atoms with Gasteiger partial charge in [0.05, 0.1) is 33.4 Å². The summed E-state index contributed by atoms with van der Waals surface area (Å²) in [5.74, 6) is -4.81. The summed E-state index contributed by atoms with van der Waals surface area (Å²) in [6.07, 6.45) is 0.731. The number of ketones is 1. The maximum atomic E-state index is 15.8. The number of carbonyl (C=O) groups is 3. The first kappa shape index (κ1) is 45.7. The van der Waals surface area contributed by atoms with Crippen molar-refractivity contribution in [3.63, 3.8) is 0 Å². The maximum Gasteiger partial charge on any atom is 0.301 e. The Hall–Kier alpha value is -5.89. The van der Waals surface area contributed by atoms with Gasteiger partial charge in [-0.2, -0.15) is 12.7 Å². The number of hydrogen-bond donors (Lipinski definition) is 4. The largest absolute Gasteiger partial charge is 0.391 e. The highest BCUT2D eigenvalue weighted by Crippen LogP contribution is 2.36. The standard InChI is InChI=1S/C46H47BF3N7O6S2/c1-25-41(64-24-54-25)28-7-5-26(6-8-28)19-53-44(60)37-18-32(58)23-57(37)45(61)42(46(2,3)4)47-30-11-9-27(10-12-30)29-17-33-34(21-52-43(33)51-20-29)40(59)38-35(49)13-14-36(39(38)50)55-65(62,63)56-16-15-31(48)22-56/h5-14,17,20-21,24,31-32,37,42,47,55,58H,15-16,18-19,22-23H2,1-4H3,(H,51,52)(H,53,60)/t31-,32-,37+,42-/m1/s1. The Labute approximate surface area is 378 Å². The number of aromatic amines is 1. The molecule has 0 bridgehead atoms. The summed E-state index contributed by atoms with van der Waals surface area (Å²) in [7, 11) is -4.05. The van der Waals surface area contributed by atoms with E-state index < -0.39 is 75.0 Å². The zero-order valence-corrected chi connectivity index (χ0v) is 37.7. The summed E-state index contributed by atoms with van der Waals surface area (Å²) >= 11 is 1.56. The van der Waals surface area contributed by atoms with Crippen LogP contribution in [0.5, 0.6) is 0 Å². The molecule has 2 amide bonds. The summed E-state index contributed by atoms with van der Waals surface area (Å²) in [5.41, 5.74) is 4.79. The molecule has 0 unspecified atom stereocenters. The van der Waals surface area contributed by atoms with Crippen molar-refractivity contribution >= 4 is 68.6 Å². The number of H-pyrrole nitrogens is 1. The minimum atomic E-state index is -4.39. The van der Waals surface area contributed by atoms with Crippen LogP contribution in [0.1, 0.15) is 60.8 Å². The SMILES string of the molecule is Cc1ncsc1-c1ccc(CNC(=O)[C@@H]2C[C@@H](O)CN2C(=O)[C@@H](Bc2ccc(-c3cnc4[nH]cc(C(=O)c5c(F)ccc(NS(=O)(=O)N6CC[C@@H](F)C6)c5F)c4c3)cc2)C(C)(C)C)cc1. The zero-order valence-electron chi connectivity index (χ0n) is 36.1. The number of aliphatic hydroxyl groups is 1. The fraction of sp³-hybridized carbons (Fsp3) is 0.326. The summed E-state index contributed by atoms with van der Waals surface area (Å²) in [6, 6.07) is 17.7. The molecule has 2 saturated heterocycles. The summed E-state index contributed by atoms with van der Waals surface area (Å²) < 4.78 is 73.2. The number of aryl methyl sites for hydroxylation is 1. The van der Waals surface area contributed by atoms with Crippen LogP contribution in [0.2, 0.25) is 5.82 Å². The molecule has 2 aliphatic heterocycles. The van der Waals surface area contributed by atoms with Crippen LogP contribution in [-0.4, -0.2) is 101 Å². The van der Waals surface area contributed by atoms with E-state index in [1.54, 1.807) is 29.1 Å². The number of pyridine rings is 1. The van der Waals surface area contributed by atoms with E-state index in [0.29, 0.717) is 18.4 Å². The molecule has 19 heteroatoms. The van der Waals surface area contributed by atoms with E-state index in [0.717, 1.165) is 43.6 Å². The first-order valence-corrected chi connectivity index (χ1v) is 23.5. The van der Waals surface area contributed by atoms with Gasteiger partial charge in [-0.25, -0.2) is 23.1 Å². The third-order valence-corrected chi connectivity index (χ3v) is 14.6. The molecule has 8 rings (SSSR count). The average Bonchev–Trinajstić information content (AvgIpc) is 4.10. The number of alkyl halides is 1. The number of likely N-dealkylation sites (tertiary alicyclic amines) is 1. The fourth-order valence-electron chi connectivity index (χ4n) is 8.43. The van der Waals surface area contributed by atoms with Crippen LogP contribution in [-0.2, 0) is 26.3 Å². The average molecular weight is 926 g/mol. The van der Waals surface area contributed by atoms with E-state index in [2.05, 4.69) is 20.3 Å². The van der Waals surface area contributed by atoms with Crippen LogP contribution in [0.25, 0.3) is 32.6 Å². The molecule has 5 heterocycles. The van der Waals surface area contributed by atoms with Gasteiger partial charge in [-0.15, -0.1) is 11.3 Å². The molecule has 0 aliphatic carbocycles. The van der Waals surface area contributed by atoms with Crippen LogP contribution in [0.3, 0.4) is 0 Å². The molecule has 338 valence electrons. The van der Waals surface area contributed by atoms with Gasteiger partial charge < -0.3 is 20.3 Å². The van der Waals surface area contributed by atoms with Crippen molar-refractivity contribution in [2.75, 3.05) is 24.4 Å². The van der Waals surface area contributed by atoms with Gasteiger partial charge in [-0.1, -0.05) is 74.8 Å². The second kappa shape index (κ2) is 18.2. The number of β-amino-alcohol motifs (C(OH)–C–C–N with tert-alkyl or cyclic N) is 1. The fourth-order valence-corrected chi connectivity index (χ4v) is 10.5. The van der Waals surface area contributed by atoms with E-state index >= 15 is 8.78 Å². The highest BCUT2D eigenvalue weighted by atomic mass is 32.2. The van der Waals surface area contributed by atoms with Gasteiger partial charge in [0.25, 0.3) is 0 Å². The highest BCUT2D eigenvalue weighted by molar-refractivity contribution is 7.90. The van der Waals surface area contributed by atoms with Crippen molar-refractivity contribution in [3.05, 3.63) is 119 Å². The van der Waals surface area contributed by atoms with Gasteiger partial charge in [-0.3, -0.25) is 19.1 Å². The Bertz CT molecular complexity index is 2890. The van der Waals surface area contributed by atoms with Crippen molar-refractivity contribution in [1.29, 1.82) is 0 Å². The minimum Gasteiger partial charge on any atom is -0.391 e. The lowest BCUT2D eigenvalue weighted by molar-refractivity contribution is -0.139. The van der Waals surface area contributed by atoms with Crippen LogP contribution in [0, 0.1) is 24.0 Å². The predicted molar refractivity (Wildman–Crippen MR) is 245 cm³/mol. The van der Waals surface area contributed by atoms with Crippen LogP contribution < -0.4 is 15.5 Å². The first-order chi connectivity index (χ1) is 30.9. The zero-order chi connectivity index (χ0) is 46.4. The number of nitrogens with zero attached hydrogens (tertiary/aromatic N) is 4. The molecule has 0 saturated carbocycles. The molecular weight excluding hydrogens is 878 g/mol. The molecule has 3 aromatic heterocycles. The lowest BCUT2D eigenvalue weighted by atomic mass is 9.50. The van der Waals surface area contributed by atoms with Crippen molar-refractivity contribution in [1.82, 2.24) is 29.5 Å². The maximum absolute atomic E-state index is 15.8. The van der Waals surface area contributed by atoms with Gasteiger partial charge in [0.15, 0.2) is 13.1 Å². The molecule has 2 fully saturated rings. The molecule has 6 aromatic rings. The smallest absolute Gasteiger partial charge is 0.301 e. The van der Waals surface area contributed by atoms with Gasteiger partial charge in [-0.05, 0) is 53.6 Å². The third-order valence-electron chi connectivity index (χ3n) is 12.1. The molecule has 2 aliphatic rings. The normalized spacial score (nSPS) is 18.5. The van der Waals surface area contributed by atoms with E-state index in [9.17, 15) is 32.3 Å². The summed E-state index contributed by atoms with van der Waals surface area (Å²) in [6.45, 7) is 7.61. The Balaban J connectivity index is 0.960. The van der Waals surface area contributed by atoms with E-state index in [-0.39, 0.29) is 60.9 Å². The van der Waals surface area contributed by atoms with Gasteiger partial charge in [0.1, 0.15) is 23.7 Å². The van der Waals surface area contributed by atoms with E-state index in [1.807, 2.05) is 80.9 Å². The van der Waals surface area contributed by atoms with E-state index in [4.69, 9.17) is 0 Å². The quantitative estimate of drug-likeness (QED) is 0.0800. The molecule has 65 heavy (non-hydrogen) atoms. The van der Waals surface area contributed by atoms with Crippen molar-refractivity contribution in [2.24, 2.45) is 5.41 Å². The number of aromatic nitrogens is 3. The van der Waals surface area contributed by atoms with Gasteiger partial charge in [0, 0.05) is 67.3 Å². The van der Waals surface area contributed by atoms with Crippen molar-refractivity contribution < 1.29 is 41.1 Å². The lowest BCUT2D eigenvalue weighted by Crippen LogP contribution is -2.50. The number of halogens is 3.